The van der Waals surface area contributed by atoms with Gasteiger partial charge in [0.15, 0.2) is 12.6 Å². The minimum atomic E-state index is -1.91. The molecule has 66 heavy (non-hydrogen) atoms. The summed E-state index contributed by atoms with van der Waals surface area (Å²) in [7, 11) is 0. The van der Waals surface area contributed by atoms with Crippen LogP contribution in [0.5, 0.6) is 0 Å². The molecule has 0 aliphatic heterocycles. The van der Waals surface area contributed by atoms with Crippen LogP contribution in [0.3, 0.4) is 0 Å². The summed E-state index contributed by atoms with van der Waals surface area (Å²) in [4.78, 5) is 124. The molecule has 24 heteroatoms. The van der Waals surface area contributed by atoms with E-state index in [1.807, 2.05) is 0 Å². The van der Waals surface area contributed by atoms with Crippen molar-refractivity contribution >= 4 is 59.7 Å². The summed E-state index contributed by atoms with van der Waals surface area (Å²) in [6, 6.07) is 0. The van der Waals surface area contributed by atoms with Crippen LogP contribution in [0.15, 0.2) is 0 Å². The van der Waals surface area contributed by atoms with E-state index in [0.717, 1.165) is 0 Å². The van der Waals surface area contributed by atoms with E-state index in [2.05, 4.69) is 0 Å². The van der Waals surface area contributed by atoms with Crippen molar-refractivity contribution in [1.29, 1.82) is 0 Å². The summed E-state index contributed by atoms with van der Waals surface area (Å²) in [5.41, 5.74) is 0. The predicted octanol–water partition coefficient (Wildman–Crippen LogP) is -0.665. The van der Waals surface area contributed by atoms with Gasteiger partial charge in [0, 0.05) is 11.8 Å². The average Bonchev–Trinajstić information content (AvgIpc) is 3.28. The summed E-state index contributed by atoms with van der Waals surface area (Å²) in [5, 5.41) is 76.1. The molecule has 4 fully saturated rings. The smallest absolute Gasteiger partial charge is 0.309 e. The van der Waals surface area contributed by atoms with Crippen LogP contribution < -0.4 is 0 Å². The molecule has 0 heterocycles. The van der Waals surface area contributed by atoms with E-state index in [4.69, 9.17) is 28.4 Å². The van der Waals surface area contributed by atoms with E-state index in [-0.39, 0.29) is 77.0 Å². The maximum absolute atomic E-state index is 13.5. The molecule has 0 bridgehead atoms. The monoisotopic (exact) mass is 946 g/mol. The number of carbonyl (C=O) groups is 10. The highest BCUT2D eigenvalue weighted by molar-refractivity contribution is 5.85. The molecular formula is C42H58O24. The highest BCUT2D eigenvalue weighted by atomic mass is 16.6. The molecule has 8 N–H and O–H groups in total. The number of aliphatic hydroxyl groups excluding tert-OH is 2. The number of rotatable bonds is 21. The zero-order chi connectivity index (χ0) is 48.8. The third kappa shape index (κ3) is 14.5. The first kappa shape index (κ1) is 53.2. The van der Waals surface area contributed by atoms with Gasteiger partial charge >= 0.3 is 59.7 Å². The molecule has 0 spiro atoms. The van der Waals surface area contributed by atoms with Gasteiger partial charge in [0.05, 0.1) is 59.2 Å². The summed E-state index contributed by atoms with van der Waals surface area (Å²) in [6.07, 6.45) is -4.46. The predicted molar refractivity (Wildman–Crippen MR) is 210 cm³/mol. The van der Waals surface area contributed by atoms with Gasteiger partial charge in [-0.1, -0.05) is 0 Å². The molecule has 0 amide bonds. The van der Waals surface area contributed by atoms with E-state index < -0.39 is 183 Å². The van der Waals surface area contributed by atoms with Crippen molar-refractivity contribution in [1.82, 2.24) is 0 Å². The first-order valence-corrected chi connectivity index (χ1v) is 21.8. The van der Waals surface area contributed by atoms with Gasteiger partial charge in [-0.05, 0) is 77.0 Å². The van der Waals surface area contributed by atoms with Crippen LogP contribution in [0.25, 0.3) is 0 Å². The molecular weight excluding hydrogens is 888 g/mol. The number of ether oxygens (including phenoxy) is 6. The van der Waals surface area contributed by atoms with Gasteiger partial charge in [-0.3, -0.25) is 47.9 Å². The Balaban J connectivity index is 1.30. The summed E-state index contributed by atoms with van der Waals surface area (Å²) in [6.45, 7) is -2.77. The minimum absolute atomic E-state index is 0.0187. The quantitative estimate of drug-likeness (QED) is 0.0306. The lowest BCUT2D eigenvalue weighted by Crippen LogP contribution is -2.42. The summed E-state index contributed by atoms with van der Waals surface area (Å²) < 4.78 is 31.5. The molecule has 4 aliphatic rings. The van der Waals surface area contributed by atoms with Gasteiger partial charge in [0.1, 0.15) is 39.6 Å². The Morgan fingerprint density at radius 1 is 0.318 bits per heavy atom. The van der Waals surface area contributed by atoms with E-state index in [0.29, 0.717) is 0 Å². The zero-order valence-corrected chi connectivity index (χ0v) is 35.9. The molecule has 4 aliphatic carbocycles. The Morgan fingerprint density at radius 3 is 0.924 bits per heavy atom. The average molecular weight is 947 g/mol. The maximum atomic E-state index is 13.5. The lowest BCUT2D eigenvalue weighted by atomic mass is 9.73. The first-order valence-electron chi connectivity index (χ1n) is 21.8. The normalized spacial score (nSPS) is 30.0. The van der Waals surface area contributed by atoms with Gasteiger partial charge in [-0.15, -0.1) is 0 Å². The summed E-state index contributed by atoms with van der Waals surface area (Å²) in [5.74, 6) is -23.3. The van der Waals surface area contributed by atoms with Crippen LogP contribution in [0.2, 0.25) is 0 Å². The number of aliphatic carboxylic acids is 4. The second kappa shape index (κ2) is 24.9. The molecule has 0 aromatic heterocycles. The molecule has 0 aromatic carbocycles. The number of esters is 6. The van der Waals surface area contributed by atoms with Crippen LogP contribution in [0.4, 0.5) is 0 Å². The topological polar surface area (TPSA) is 388 Å². The van der Waals surface area contributed by atoms with Crippen molar-refractivity contribution in [2.75, 3.05) is 39.6 Å². The van der Waals surface area contributed by atoms with Crippen LogP contribution in [-0.2, 0) is 76.4 Å². The Bertz CT molecular complexity index is 1780. The lowest BCUT2D eigenvalue weighted by molar-refractivity contribution is -0.183. The Morgan fingerprint density at radius 2 is 0.591 bits per heavy atom. The van der Waals surface area contributed by atoms with Crippen LogP contribution in [0.1, 0.15) is 77.0 Å². The van der Waals surface area contributed by atoms with E-state index in [1.165, 1.54) is 0 Å². The van der Waals surface area contributed by atoms with Crippen molar-refractivity contribution < 1.29 is 117 Å². The van der Waals surface area contributed by atoms with E-state index >= 15 is 0 Å². The molecule has 0 radical (unpaired) electrons. The molecule has 4 saturated carbocycles. The highest BCUT2D eigenvalue weighted by Crippen LogP contribution is 2.40. The van der Waals surface area contributed by atoms with Gasteiger partial charge < -0.3 is 69.3 Å². The van der Waals surface area contributed by atoms with Crippen molar-refractivity contribution in [3.05, 3.63) is 0 Å². The van der Waals surface area contributed by atoms with E-state index in [9.17, 15) is 88.8 Å². The molecule has 0 aromatic rings. The van der Waals surface area contributed by atoms with Gasteiger partial charge in [0.25, 0.3) is 0 Å². The van der Waals surface area contributed by atoms with Crippen molar-refractivity contribution in [3.63, 3.8) is 0 Å². The molecule has 0 saturated heterocycles. The molecule has 12 unspecified atom stereocenters. The fourth-order valence-corrected chi connectivity index (χ4v) is 9.53. The summed E-state index contributed by atoms with van der Waals surface area (Å²) >= 11 is 0. The Hall–Kier alpha value is -5.46. The zero-order valence-electron chi connectivity index (χ0n) is 35.9. The van der Waals surface area contributed by atoms with Crippen LogP contribution in [0, 0.1) is 71.0 Å². The van der Waals surface area contributed by atoms with Crippen LogP contribution >= 0.6 is 0 Å². The van der Waals surface area contributed by atoms with Gasteiger partial charge in [-0.2, -0.15) is 0 Å². The third-order valence-electron chi connectivity index (χ3n) is 13.2. The lowest BCUT2D eigenvalue weighted by Gasteiger charge is -2.36. The standard InChI is InChI=1S/C42H58O24/c43-31(44)23-5-1-19(15-27(23)34(49)50)37(55)61-9-10-62-40(58)22-4-8-26(41(59)65-13-11-63-38(56)20-2-6-24(32(45)46)28(16-20)35(51)52)30(18-22)42(60)66-14-12-64-39(57)21-3-7-25(33(47)48)29(17-21)36(53)54/h19-31,34,43-44,49-50H,1-18H2,(H,45,46)(H,47,48)(H,51,52)(H,53,54). The number of hydrogen-bond donors (Lipinski definition) is 8. The van der Waals surface area contributed by atoms with Gasteiger partial charge in [-0.25, -0.2) is 0 Å². The van der Waals surface area contributed by atoms with Crippen LogP contribution in [-0.4, -0.2) is 153 Å². The Labute approximate surface area is 376 Å². The van der Waals surface area contributed by atoms with E-state index in [1.54, 1.807) is 0 Å². The molecule has 370 valence electrons. The first-order chi connectivity index (χ1) is 31.2. The Kier molecular flexibility index (Phi) is 20.0. The highest BCUT2D eigenvalue weighted by Gasteiger charge is 2.46. The maximum Gasteiger partial charge on any atom is 0.309 e. The number of carboxylic acids is 4. The minimum Gasteiger partial charge on any atom is -0.481 e. The second-order valence-electron chi connectivity index (χ2n) is 17.2. The SMILES string of the molecule is O=C(OCCOC(=O)C1CCC(C(=O)OCCOC(=O)C2CCC(C(O)O)C(C(O)O)C2)CC1C(=O)OCCOC(=O)C1CCC(C(=O)O)C(C(=O)O)C1)C1CCC(C(=O)O)C(C(=O)O)C1. The number of carboxylic acid groups (broad SMARTS) is 4. The van der Waals surface area contributed by atoms with Crippen molar-refractivity contribution in [2.45, 2.75) is 89.6 Å². The van der Waals surface area contributed by atoms with Gasteiger partial charge in [0.2, 0.25) is 0 Å². The number of carbonyl (C=O) groups excluding carboxylic acids is 6. The fourth-order valence-electron chi connectivity index (χ4n) is 9.53. The second-order valence-corrected chi connectivity index (χ2v) is 17.2. The third-order valence-corrected chi connectivity index (χ3v) is 13.2. The number of hydrogen-bond acceptors (Lipinski definition) is 20. The number of aliphatic hydroxyl groups is 4. The largest absolute Gasteiger partial charge is 0.481 e. The molecule has 4 rings (SSSR count). The molecule has 24 nitrogen and oxygen atoms in total. The van der Waals surface area contributed by atoms with Crippen molar-refractivity contribution in [3.8, 4) is 0 Å². The van der Waals surface area contributed by atoms with Crippen molar-refractivity contribution in [2.24, 2.45) is 71.0 Å². The molecule has 12 atom stereocenters. The fraction of sp³-hybridized carbons (Fsp3) is 0.762.